The molecule has 0 spiro atoms. The Labute approximate surface area is 266 Å². The van der Waals surface area contributed by atoms with Gasteiger partial charge in [-0.25, -0.2) is 18.0 Å². The van der Waals surface area contributed by atoms with E-state index in [1.807, 2.05) is 6.07 Å². The van der Waals surface area contributed by atoms with Gasteiger partial charge in [-0.3, -0.25) is 9.36 Å². The molecule has 2 heterocycles. The number of rotatable bonds is 7. The third-order valence-electron chi connectivity index (χ3n) is 7.62. The van der Waals surface area contributed by atoms with Crippen LogP contribution in [-0.2, 0) is 19.6 Å². The van der Waals surface area contributed by atoms with E-state index < -0.39 is 45.4 Å². The van der Waals surface area contributed by atoms with Gasteiger partial charge >= 0.3 is 11.8 Å². The van der Waals surface area contributed by atoms with E-state index in [1.165, 1.54) is 49.6 Å². The molecule has 1 aliphatic heterocycles. The smallest absolute Gasteiger partial charge is 0.407 e. The van der Waals surface area contributed by atoms with Crippen LogP contribution in [0.4, 0.5) is 4.79 Å². The van der Waals surface area contributed by atoms with E-state index in [0.717, 1.165) is 4.57 Å². The minimum absolute atomic E-state index is 0.0108. The van der Waals surface area contributed by atoms with Gasteiger partial charge in [-0.2, -0.15) is 9.23 Å². The minimum Gasteiger partial charge on any atom is -0.497 e. The van der Waals surface area contributed by atoms with Crippen molar-refractivity contribution in [1.29, 1.82) is 5.26 Å². The fourth-order valence-electron chi connectivity index (χ4n) is 5.58. The highest BCUT2D eigenvalue weighted by atomic mass is 32.2. The molecule has 1 aliphatic rings. The molecule has 4 aromatic rings. The van der Waals surface area contributed by atoms with E-state index in [9.17, 15) is 28.1 Å². The Hall–Kier alpha value is -5.09. The van der Waals surface area contributed by atoms with Gasteiger partial charge in [0, 0.05) is 19.1 Å². The van der Waals surface area contributed by atoms with Gasteiger partial charge in [0.25, 0.3) is 15.9 Å². The van der Waals surface area contributed by atoms with Crippen molar-refractivity contribution in [2.24, 2.45) is 0 Å². The van der Waals surface area contributed by atoms with Gasteiger partial charge in [0.2, 0.25) is 0 Å². The molecule has 0 aliphatic carbocycles. The lowest BCUT2D eigenvalue weighted by Crippen LogP contribution is -2.52. The van der Waals surface area contributed by atoms with Crippen molar-refractivity contribution in [2.75, 3.05) is 20.2 Å². The lowest BCUT2D eigenvalue weighted by molar-refractivity contribution is -0.135. The molecule has 46 heavy (non-hydrogen) atoms. The largest absolute Gasteiger partial charge is 0.497 e. The van der Waals surface area contributed by atoms with Crippen LogP contribution >= 0.6 is 0 Å². The topological polar surface area (TPSA) is 153 Å². The Morgan fingerprint density at radius 2 is 1.72 bits per heavy atom. The number of methoxy groups -OCH3 is 1. The number of nitriles is 1. The van der Waals surface area contributed by atoms with Crippen molar-refractivity contribution in [3.63, 3.8) is 0 Å². The van der Waals surface area contributed by atoms with Crippen molar-refractivity contribution in [1.82, 2.24) is 18.8 Å². The quantitative estimate of drug-likeness (QED) is 0.316. The number of carbonyl (C=O) groups excluding carboxylic acids is 2. The molecule has 0 radical (unpaired) electrons. The lowest BCUT2D eigenvalue weighted by Gasteiger charge is -2.35. The van der Waals surface area contributed by atoms with Crippen molar-refractivity contribution in [3.8, 4) is 11.8 Å². The number of piperidine rings is 1. The van der Waals surface area contributed by atoms with E-state index in [-0.39, 0.29) is 28.0 Å². The van der Waals surface area contributed by atoms with Gasteiger partial charge in [0.1, 0.15) is 17.4 Å². The normalized spacial score (nSPS) is 16.0. The predicted molar refractivity (Wildman–Crippen MR) is 170 cm³/mol. The highest BCUT2D eigenvalue weighted by molar-refractivity contribution is 7.90. The first-order chi connectivity index (χ1) is 21.8. The number of likely N-dealkylation sites (tertiary alicyclic amines) is 1. The number of hydrogen-bond donors (Lipinski definition) is 1. The molecule has 0 saturated carbocycles. The van der Waals surface area contributed by atoms with Gasteiger partial charge < -0.3 is 19.7 Å². The zero-order valence-corrected chi connectivity index (χ0v) is 26.8. The number of amides is 2. The molecule has 3 aromatic carbocycles. The first-order valence-electron chi connectivity index (χ1n) is 14.7. The monoisotopic (exact) mass is 645 g/mol. The molecule has 240 valence electrons. The molecule has 1 saturated heterocycles. The SMILES string of the molecule is COc1ccc(S(=O)(=O)n2c(=O)n([C@@H](C(=O)N3CCCC(NC(=O)OC(C)(C)C)C3)c3ccccc3)c3cc(C#N)ccc32)cc1. The zero-order chi connectivity index (χ0) is 33.2. The van der Waals surface area contributed by atoms with Crippen LogP contribution in [0.3, 0.4) is 0 Å². The molecule has 2 atom stereocenters. The first kappa shape index (κ1) is 32.3. The Bertz CT molecular complexity index is 1970. The summed E-state index contributed by atoms with van der Waals surface area (Å²) in [4.78, 5) is 42.8. The molecule has 1 aromatic heterocycles. The fraction of sp³-hybridized carbons (Fsp3) is 0.333. The predicted octanol–water partition coefficient (Wildman–Crippen LogP) is 4.03. The van der Waals surface area contributed by atoms with Crippen LogP contribution in [0.1, 0.15) is 50.8 Å². The van der Waals surface area contributed by atoms with Crippen LogP contribution in [0.25, 0.3) is 11.0 Å². The fourth-order valence-corrected chi connectivity index (χ4v) is 6.97. The molecular formula is C33H35N5O7S. The van der Waals surface area contributed by atoms with E-state index in [1.54, 1.807) is 56.0 Å². The molecule has 1 fully saturated rings. The lowest BCUT2D eigenvalue weighted by atomic mass is 10.0. The number of alkyl carbamates (subject to hydrolysis) is 1. The van der Waals surface area contributed by atoms with Crippen molar-refractivity contribution < 1.29 is 27.5 Å². The highest BCUT2D eigenvalue weighted by Gasteiger charge is 2.36. The summed E-state index contributed by atoms with van der Waals surface area (Å²) in [5, 5.41) is 12.5. The molecular weight excluding hydrogens is 610 g/mol. The zero-order valence-electron chi connectivity index (χ0n) is 26.0. The van der Waals surface area contributed by atoms with Crippen molar-refractivity contribution in [3.05, 3.63) is 94.4 Å². The van der Waals surface area contributed by atoms with Gasteiger partial charge in [-0.05, 0) is 81.6 Å². The molecule has 0 bridgehead atoms. The maximum atomic E-state index is 14.5. The molecule has 1 N–H and O–H groups in total. The maximum Gasteiger partial charge on any atom is 0.407 e. The third-order valence-corrected chi connectivity index (χ3v) is 9.32. The van der Waals surface area contributed by atoms with Crippen LogP contribution in [0.2, 0.25) is 0 Å². The molecule has 5 rings (SSSR count). The van der Waals surface area contributed by atoms with E-state index in [2.05, 4.69) is 5.32 Å². The van der Waals surface area contributed by atoms with E-state index in [0.29, 0.717) is 34.7 Å². The van der Waals surface area contributed by atoms with Gasteiger partial charge in [-0.15, -0.1) is 0 Å². The van der Waals surface area contributed by atoms with Gasteiger partial charge in [0.15, 0.2) is 0 Å². The number of nitrogens with one attached hydrogen (secondary N) is 1. The summed E-state index contributed by atoms with van der Waals surface area (Å²) in [7, 11) is -3.01. The molecule has 1 unspecified atom stereocenters. The van der Waals surface area contributed by atoms with Crippen LogP contribution in [0.5, 0.6) is 5.75 Å². The summed E-state index contributed by atoms with van der Waals surface area (Å²) in [5.74, 6) is -0.0321. The Morgan fingerprint density at radius 3 is 2.35 bits per heavy atom. The van der Waals surface area contributed by atoms with Gasteiger partial charge in [0.05, 0.1) is 34.7 Å². The second kappa shape index (κ2) is 12.7. The Balaban J connectivity index is 1.64. The Morgan fingerprint density at radius 1 is 1.02 bits per heavy atom. The van der Waals surface area contributed by atoms with Crippen LogP contribution in [0, 0.1) is 11.3 Å². The Kier molecular flexibility index (Phi) is 8.94. The number of hydrogen-bond acceptors (Lipinski definition) is 8. The number of nitrogens with zero attached hydrogens (tertiary/aromatic N) is 4. The molecule has 12 nitrogen and oxygen atoms in total. The summed E-state index contributed by atoms with van der Waals surface area (Å²) < 4.78 is 40.4. The average Bonchev–Trinajstić information content (AvgIpc) is 3.32. The second-order valence-corrected chi connectivity index (χ2v) is 13.8. The number of carbonyl (C=O) groups is 2. The van der Waals surface area contributed by atoms with Crippen LogP contribution in [0.15, 0.2) is 82.5 Å². The maximum absolute atomic E-state index is 14.5. The average molecular weight is 646 g/mol. The van der Waals surface area contributed by atoms with Gasteiger partial charge in [-0.1, -0.05) is 30.3 Å². The van der Waals surface area contributed by atoms with Crippen molar-refractivity contribution in [2.45, 2.75) is 56.2 Å². The number of ether oxygens (including phenoxy) is 2. The van der Waals surface area contributed by atoms with Crippen LogP contribution < -0.4 is 15.7 Å². The minimum atomic E-state index is -4.46. The van der Waals surface area contributed by atoms with Crippen molar-refractivity contribution >= 4 is 33.1 Å². The standard InChI is InChI=1S/C33H35N5O7S/c1-33(2,3)45-31(40)35-24-11-8-18-36(21-24)30(39)29(23-9-6-5-7-10-23)37-28-19-22(20-34)12-17-27(28)38(32(37)41)46(42,43)26-15-13-25(44-4)14-16-26/h5-7,9-10,12-17,19,24,29H,8,11,18,21H2,1-4H3,(H,35,40)/t24?,29-/m1/s1. The van der Waals surface area contributed by atoms with Crippen LogP contribution in [-0.4, -0.2) is 65.7 Å². The summed E-state index contributed by atoms with van der Waals surface area (Å²) in [5.41, 5.74) is -0.931. The molecule has 2 amide bonds. The first-order valence-corrected chi connectivity index (χ1v) is 16.2. The third kappa shape index (κ3) is 6.48. The molecule has 13 heteroatoms. The number of aromatic nitrogens is 2. The summed E-state index contributed by atoms with van der Waals surface area (Å²) in [6.45, 7) is 5.79. The summed E-state index contributed by atoms with van der Waals surface area (Å²) in [6.07, 6.45) is 0.595. The van der Waals surface area contributed by atoms with E-state index >= 15 is 0 Å². The summed E-state index contributed by atoms with van der Waals surface area (Å²) in [6, 6.07) is 18.8. The van der Waals surface area contributed by atoms with E-state index in [4.69, 9.17) is 9.47 Å². The number of fused-ring (bicyclic) bond motifs is 1. The second-order valence-electron chi connectivity index (χ2n) is 12.0. The summed E-state index contributed by atoms with van der Waals surface area (Å²) >= 11 is 0. The number of benzene rings is 3. The number of imidazole rings is 1. The highest BCUT2D eigenvalue weighted by Crippen LogP contribution is 2.29.